The van der Waals surface area contributed by atoms with E-state index >= 15 is 0 Å². The van der Waals surface area contributed by atoms with Crippen molar-refractivity contribution in [1.82, 2.24) is 15.1 Å². The van der Waals surface area contributed by atoms with Gasteiger partial charge < -0.3 is 10.2 Å². The first-order valence-electron chi connectivity index (χ1n) is 12.2. The molecule has 0 saturated carbocycles. The minimum Gasteiger partial charge on any atom is -0.340 e. The molecule has 4 rings (SSSR count). The van der Waals surface area contributed by atoms with Crippen LogP contribution in [0.4, 0.5) is 8.78 Å². The van der Waals surface area contributed by atoms with Crippen LogP contribution < -0.4 is 5.32 Å². The molecule has 3 aromatic carbocycles. The lowest BCUT2D eigenvalue weighted by Crippen LogP contribution is -2.56. The molecule has 188 valence electrons. The van der Waals surface area contributed by atoms with Gasteiger partial charge in [0.15, 0.2) is 0 Å². The molecule has 1 N–H and O–H groups in total. The molecule has 2 amide bonds. The van der Waals surface area contributed by atoms with Gasteiger partial charge in [0, 0.05) is 26.2 Å². The quantitative estimate of drug-likeness (QED) is 0.523. The van der Waals surface area contributed by atoms with Gasteiger partial charge in [-0.3, -0.25) is 14.5 Å². The summed E-state index contributed by atoms with van der Waals surface area (Å²) < 4.78 is 28.2. The number of amides is 2. The predicted octanol–water partition coefficient (Wildman–Crippen LogP) is 4.65. The smallest absolute Gasteiger partial charge is 0.257 e. The zero-order valence-corrected chi connectivity index (χ0v) is 20.5. The molecule has 5 nitrogen and oxygen atoms in total. The number of piperazine rings is 1. The molecule has 0 aliphatic carbocycles. The van der Waals surface area contributed by atoms with Crippen LogP contribution in [0, 0.1) is 17.6 Å². The van der Waals surface area contributed by atoms with Crippen LogP contribution in [0.2, 0.25) is 0 Å². The Balaban J connectivity index is 1.47. The summed E-state index contributed by atoms with van der Waals surface area (Å²) >= 11 is 0. The van der Waals surface area contributed by atoms with Crippen molar-refractivity contribution >= 4 is 11.8 Å². The summed E-state index contributed by atoms with van der Waals surface area (Å²) in [5.41, 5.74) is 1.69. The lowest BCUT2D eigenvalue weighted by atomic mass is 9.96. The normalized spacial score (nSPS) is 15.2. The average molecular weight is 492 g/mol. The Morgan fingerprint density at radius 3 is 1.72 bits per heavy atom. The lowest BCUT2D eigenvalue weighted by Gasteiger charge is -2.41. The third-order valence-corrected chi connectivity index (χ3v) is 6.63. The zero-order chi connectivity index (χ0) is 25.7. The SMILES string of the molecule is CC(C)[C@H](NC(=O)c1c(F)cccc1F)C(=O)N1CCN(C(c2ccccc2)c2ccccc2)CC1. The van der Waals surface area contributed by atoms with Gasteiger partial charge in [-0.05, 0) is 29.2 Å². The highest BCUT2D eigenvalue weighted by Crippen LogP contribution is 2.29. The second-order valence-corrected chi connectivity index (χ2v) is 9.38. The minimum atomic E-state index is -0.955. The summed E-state index contributed by atoms with van der Waals surface area (Å²) in [6.07, 6.45) is 0. The largest absolute Gasteiger partial charge is 0.340 e. The molecule has 1 heterocycles. The van der Waals surface area contributed by atoms with Crippen LogP contribution in [-0.2, 0) is 4.79 Å². The fourth-order valence-corrected chi connectivity index (χ4v) is 4.72. The topological polar surface area (TPSA) is 52.7 Å². The Labute approximate surface area is 210 Å². The molecule has 0 radical (unpaired) electrons. The van der Waals surface area contributed by atoms with Gasteiger partial charge in [0.1, 0.15) is 23.2 Å². The number of hydrogen-bond donors (Lipinski definition) is 1. The first kappa shape index (κ1) is 25.5. The summed E-state index contributed by atoms with van der Waals surface area (Å²) in [4.78, 5) is 30.2. The van der Waals surface area contributed by atoms with Crippen molar-refractivity contribution in [2.24, 2.45) is 5.92 Å². The summed E-state index contributed by atoms with van der Waals surface area (Å²) in [7, 11) is 0. The maximum absolute atomic E-state index is 14.1. The highest BCUT2D eigenvalue weighted by molar-refractivity contribution is 5.98. The molecule has 1 fully saturated rings. The van der Waals surface area contributed by atoms with E-state index in [1.54, 1.807) is 18.7 Å². The molecule has 3 aromatic rings. The van der Waals surface area contributed by atoms with Crippen molar-refractivity contribution in [2.45, 2.75) is 25.9 Å². The van der Waals surface area contributed by atoms with E-state index in [0.29, 0.717) is 26.2 Å². The fraction of sp³-hybridized carbons (Fsp3) is 0.310. The highest BCUT2D eigenvalue weighted by Gasteiger charge is 2.34. The minimum absolute atomic E-state index is 0.0641. The third-order valence-electron chi connectivity index (χ3n) is 6.63. The average Bonchev–Trinajstić information content (AvgIpc) is 2.88. The number of rotatable bonds is 7. The van der Waals surface area contributed by atoms with Gasteiger partial charge in [-0.25, -0.2) is 8.78 Å². The molecule has 0 bridgehead atoms. The summed E-state index contributed by atoms with van der Waals surface area (Å²) in [6, 6.07) is 23.0. The van der Waals surface area contributed by atoms with Crippen molar-refractivity contribution in [2.75, 3.05) is 26.2 Å². The molecule has 0 spiro atoms. The van der Waals surface area contributed by atoms with Crippen molar-refractivity contribution in [3.63, 3.8) is 0 Å². The Morgan fingerprint density at radius 2 is 1.25 bits per heavy atom. The van der Waals surface area contributed by atoms with E-state index < -0.39 is 29.1 Å². The standard InChI is InChI=1S/C29H31F2N3O2/c1-20(2)26(32-28(35)25-23(30)14-9-15-24(25)31)29(36)34-18-16-33(17-19-34)27(21-10-5-3-6-11-21)22-12-7-4-8-13-22/h3-15,20,26-27H,16-19H2,1-2H3,(H,32,35)/t26-/m0/s1. The van der Waals surface area contributed by atoms with Gasteiger partial charge in [-0.15, -0.1) is 0 Å². The molecule has 7 heteroatoms. The molecule has 1 aliphatic rings. The van der Waals surface area contributed by atoms with Gasteiger partial charge in [0.25, 0.3) is 5.91 Å². The molecule has 1 saturated heterocycles. The Bertz CT molecular complexity index is 1120. The summed E-state index contributed by atoms with van der Waals surface area (Å²) in [5.74, 6) is -3.33. The monoisotopic (exact) mass is 491 g/mol. The number of carbonyl (C=O) groups is 2. The Kier molecular flexibility index (Phi) is 8.10. The molecule has 1 atom stereocenters. The van der Waals surface area contributed by atoms with Gasteiger partial charge >= 0.3 is 0 Å². The fourth-order valence-electron chi connectivity index (χ4n) is 4.72. The molecule has 1 aliphatic heterocycles. The van der Waals surface area contributed by atoms with Crippen molar-refractivity contribution < 1.29 is 18.4 Å². The Morgan fingerprint density at radius 1 is 0.750 bits per heavy atom. The van der Waals surface area contributed by atoms with Crippen LogP contribution in [0.15, 0.2) is 78.9 Å². The van der Waals surface area contributed by atoms with Gasteiger partial charge in [-0.1, -0.05) is 80.6 Å². The third kappa shape index (κ3) is 5.62. The van der Waals surface area contributed by atoms with E-state index in [2.05, 4.69) is 34.5 Å². The second kappa shape index (κ2) is 11.4. The van der Waals surface area contributed by atoms with Crippen LogP contribution in [0.3, 0.4) is 0 Å². The maximum Gasteiger partial charge on any atom is 0.257 e. The van der Waals surface area contributed by atoms with Gasteiger partial charge in [0.05, 0.1) is 6.04 Å². The van der Waals surface area contributed by atoms with E-state index in [1.807, 2.05) is 36.4 Å². The van der Waals surface area contributed by atoms with E-state index in [0.717, 1.165) is 12.1 Å². The molecule has 36 heavy (non-hydrogen) atoms. The van der Waals surface area contributed by atoms with Crippen LogP contribution >= 0.6 is 0 Å². The second-order valence-electron chi connectivity index (χ2n) is 9.38. The highest BCUT2D eigenvalue weighted by atomic mass is 19.1. The number of halogens is 2. The lowest BCUT2D eigenvalue weighted by molar-refractivity contribution is -0.136. The first-order chi connectivity index (χ1) is 17.4. The number of nitrogens with zero attached hydrogens (tertiary/aromatic N) is 2. The summed E-state index contributed by atoms with van der Waals surface area (Å²) in [5, 5.41) is 2.57. The Hall–Kier alpha value is -3.58. The number of nitrogens with one attached hydrogen (secondary N) is 1. The number of hydrogen-bond acceptors (Lipinski definition) is 3. The first-order valence-corrected chi connectivity index (χ1v) is 12.2. The van der Waals surface area contributed by atoms with E-state index in [-0.39, 0.29) is 17.9 Å². The predicted molar refractivity (Wildman–Crippen MR) is 135 cm³/mol. The van der Waals surface area contributed by atoms with Crippen LogP contribution in [0.1, 0.15) is 41.4 Å². The van der Waals surface area contributed by atoms with E-state index in [9.17, 15) is 18.4 Å². The molecular formula is C29H31F2N3O2. The van der Waals surface area contributed by atoms with E-state index in [1.165, 1.54) is 17.2 Å². The van der Waals surface area contributed by atoms with Crippen molar-refractivity contribution in [3.05, 3.63) is 107 Å². The van der Waals surface area contributed by atoms with Gasteiger partial charge in [-0.2, -0.15) is 0 Å². The summed E-state index contributed by atoms with van der Waals surface area (Å²) in [6.45, 7) is 5.89. The molecule has 0 aromatic heterocycles. The van der Waals surface area contributed by atoms with Crippen LogP contribution in [0.25, 0.3) is 0 Å². The van der Waals surface area contributed by atoms with Crippen molar-refractivity contribution in [3.8, 4) is 0 Å². The van der Waals surface area contributed by atoms with E-state index in [4.69, 9.17) is 0 Å². The molecule has 0 unspecified atom stereocenters. The van der Waals surface area contributed by atoms with Crippen LogP contribution in [0.5, 0.6) is 0 Å². The maximum atomic E-state index is 14.1. The van der Waals surface area contributed by atoms with Gasteiger partial charge in [0.2, 0.25) is 5.91 Å². The van der Waals surface area contributed by atoms with Crippen molar-refractivity contribution in [1.29, 1.82) is 0 Å². The molecular weight excluding hydrogens is 460 g/mol. The zero-order valence-electron chi connectivity index (χ0n) is 20.5. The number of benzene rings is 3. The van der Waals surface area contributed by atoms with Crippen LogP contribution in [-0.4, -0.2) is 53.8 Å². The number of carbonyl (C=O) groups excluding carboxylic acids is 2.